The zero-order valence-corrected chi connectivity index (χ0v) is 8.28. The summed E-state index contributed by atoms with van der Waals surface area (Å²) in [5, 5.41) is 8.32. The van der Waals surface area contributed by atoms with Crippen molar-refractivity contribution in [1.29, 1.82) is 5.26 Å². The van der Waals surface area contributed by atoms with Crippen LogP contribution in [-0.2, 0) is 5.88 Å². The minimum absolute atomic E-state index is 0.0488. The Balaban J connectivity index is 3.45. The third-order valence-corrected chi connectivity index (χ3v) is 2.21. The molecule has 0 bridgehead atoms. The van der Waals surface area contributed by atoms with Gasteiger partial charge >= 0.3 is 0 Å². The molecule has 1 rings (SSSR count). The number of hydrogen-bond donors (Lipinski definition) is 0. The normalized spacial score (nSPS) is 10.3. The Morgan fingerprint density at radius 1 is 1.57 bits per heavy atom. The van der Waals surface area contributed by atoms with Gasteiger partial charge in [-0.3, -0.25) is 0 Å². The van der Waals surface area contributed by atoms with Gasteiger partial charge in [0.1, 0.15) is 11.2 Å². The maximum Gasteiger partial charge on any atom is 0.268 e. The molecule has 0 amide bonds. The molecule has 0 radical (unpaired) electrons. The fourth-order valence-corrected chi connectivity index (χ4v) is 1.41. The van der Waals surface area contributed by atoms with Gasteiger partial charge in [-0.1, -0.05) is 11.6 Å². The lowest BCUT2D eigenvalue weighted by Crippen LogP contribution is -1.99. The maximum atomic E-state index is 12.5. The largest absolute Gasteiger partial charge is 0.268 e. The quantitative estimate of drug-likeness (QED) is 0.584. The number of aromatic nitrogens is 1. The fourth-order valence-electron chi connectivity index (χ4n) is 0.977. The van der Waals surface area contributed by atoms with E-state index in [1.807, 2.05) is 0 Å². The second-order valence-corrected chi connectivity index (χ2v) is 3.03. The highest BCUT2D eigenvalue weighted by atomic mass is 35.5. The Kier molecular flexibility index (Phi) is 3.62. The summed E-state index contributed by atoms with van der Waals surface area (Å²) in [4.78, 5) is 3.53. The van der Waals surface area contributed by atoms with Crippen LogP contribution in [-0.4, -0.2) is 4.98 Å². The van der Waals surface area contributed by atoms with Crippen molar-refractivity contribution in [2.45, 2.75) is 12.3 Å². The topological polar surface area (TPSA) is 36.7 Å². The van der Waals surface area contributed by atoms with E-state index in [0.717, 1.165) is 0 Å². The molecule has 0 unspecified atom stereocenters. The molecule has 0 atom stereocenters. The highest BCUT2D eigenvalue weighted by molar-refractivity contribution is 6.30. The summed E-state index contributed by atoms with van der Waals surface area (Å²) < 4.78 is 24.9. The van der Waals surface area contributed by atoms with Crippen molar-refractivity contribution < 1.29 is 8.78 Å². The monoisotopic (exact) mass is 236 g/mol. The first-order valence-electron chi connectivity index (χ1n) is 3.53. The van der Waals surface area contributed by atoms with Gasteiger partial charge in [0.25, 0.3) is 6.43 Å². The predicted octanol–water partition coefficient (Wildman–Crippen LogP) is 3.28. The van der Waals surface area contributed by atoms with E-state index < -0.39 is 12.0 Å². The molecule has 0 aliphatic rings. The zero-order valence-electron chi connectivity index (χ0n) is 6.77. The molecule has 0 spiro atoms. The van der Waals surface area contributed by atoms with Crippen molar-refractivity contribution in [3.63, 3.8) is 0 Å². The van der Waals surface area contributed by atoms with Crippen molar-refractivity contribution in [2.75, 3.05) is 0 Å². The standard InChI is InChI=1S/C8H4Cl2F2N2/c9-1-4-3-14-7(10)6(8(11)12)5(4)2-13/h3,8H,1H2. The van der Waals surface area contributed by atoms with E-state index in [0.29, 0.717) is 0 Å². The molecule has 0 aromatic carbocycles. The molecular formula is C8H4Cl2F2N2. The first kappa shape index (κ1) is 11.2. The van der Waals surface area contributed by atoms with E-state index in [1.165, 1.54) is 6.20 Å². The number of nitriles is 1. The first-order chi connectivity index (χ1) is 6.61. The molecule has 1 aromatic heterocycles. The highest BCUT2D eigenvalue weighted by Crippen LogP contribution is 2.30. The molecule has 0 aliphatic heterocycles. The molecule has 1 aromatic rings. The van der Waals surface area contributed by atoms with Gasteiger partial charge in [0.05, 0.1) is 17.0 Å². The molecule has 14 heavy (non-hydrogen) atoms. The number of pyridine rings is 1. The maximum absolute atomic E-state index is 12.5. The number of halogens is 4. The highest BCUT2D eigenvalue weighted by Gasteiger charge is 2.20. The Morgan fingerprint density at radius 2 is 2.21 bits per heavy atom. The summed E-state index contributed by atoms with van der Waals surface area (Å²) >= 11 is 10.9. The summed E-state index contributed by atoms with van der Waals surface area (Å²) in [7, 11) is 0. The van der Waals surface area contributed by atoms with Crippen molar-refractivity contribution in [3.05, 3.63) is 28.0 Å². The number of nitrogens with zero attached hydrogens (tertiary/aromatic N) is 2. The molecule has 0 saturated heterocycles. The lowest BCUT2D eigenvalue weighted by Gasteiger charge is -2.07. The molecule has 0 fully saturated rings. The van der Waals surface area contributed by atoms with Gasteiger partial charge in [-0.15, -0.1) is 11.6 Å². The molecular weight excluding hydrogens is 233 g/mol. The van der Waals surface area contributed by atoms with E-state index in [1.54, 1.807) is 6.07 Å². The number of hydrogen-bond acceptors (Lipinski definition) is 2. The lowest BCUT2D eigenvalue weighted by atomic mass is 10.1. The van der Waals surface area contributed by atoms with Gasteiger partial charge in [0, 0.05) is 11.8 Å². The molecule has 6 heteroatoms. The van der Waals surface area contributed by atoms with Crippen molar-refractivity contribution in [1.82, 2.24) is 4.98 Å². The smallest absolute Gasteiger partial charge is 0.244 e. The van der Waals surface area contributed by atoms with Crippen molar-refractivity contribution in [2.24, 2.45) is 0 Å². The van der Waals surface area contributed by atoms with Crippen LogP contribution >= 0.6 is 23.2 Å². The van der Waals surface area contributed by atoms with Crippen LogP contribution in [0.2, 0.25) is 5.15 Å². The van der Waals surface area contributed by atoms with Crippen LogP contribution < -0.4 is 0 Å². The number of alkyl halides is 3. The van der Waals surface area contributed by atoms with E-state index in [2.05, 4.69) is 4.98 Å². The Hall–Kier alpha value is -0.920. The van der Waals surface area contributed by atoms with E-state index in [-0.39, 0.29) is 22.2 Å². The Labute approximate surface area is 89.1 Å². The minimum Gasteiger partial charge on any atom is -0.244 e. The second-order valence-electron chi connectivity index (χ2n) is 2.41. The Morgan fingerprint density at radius 3 is 2.64 bits per heavy atom. The fraction of sp³-hybridized carbons (Fsp3) is 0.250. The summed E-state index contributed by atoms with van der Waals surface area (Å²) in [6.07, 6.45) is -1.60. The summed E-state index contributed by atoms with van der Waals surface area (Å²) in [6, 6.07) is 1.65. The van der Waals surface area contributed by atoms with Gasteiger partial charge in [0.15, 0.2) is 0 Å². The summed E-state index contributed by atoms with van der Waals surface area (Å²) in [5.41, 5.74) is -0.476. The van der Waals surface area contributed by atoms with Gasteiger partial charge in [0.2, 0.25) is 0 Å². The van der Waals surface area contributed by atoms with Gasteiger partial charge in [-0.2, -0.15) is 5.26 Å². The zero-order chi connectivity index (χ0) is 10.7. The summed E-state index contributed by atoms with van der Waals surface area (Å²) in [6.45, 7) is 0. The van der Waals surface area contributed by atoms with Crippen LogP contribution in [0.25, 0.3) is 0 Å². The second kappa shape index (κ2) is 4.54. The van der Waals surface area contributed by atoms with E-state index >= 15 is 0 Å². The number of rotatable bonds is 2. The molecule has 0 N–H and O–H groups in total. The third-order valence-electron chi connectivity index (χ3n) is 1.62. The van der Waals surface area contributed by atoms with Crippen LogP contribution in [0, 0.1) is 11.3 Å². The van der Waals surface area contributed by atoms with E-state index in [9.17, 15) is 8.78 Å². The van der Waals surface area contributed by atoms with Crippen LogP contribution in [0.5, 0.6) is 0 Å². The SMILES string of the molecule is N#Cc1c(CCl)cnc(Cl)c1C(F)F. The van der Waals surface area contributed by atoms with Crippen molar-refractivity contribution in [3.8, 4) is 6.07 Å². The first-order valence-corrected chi connectivity index (χ1v) is 4.44. The Bertz CT molecular complexity index is 388. The molecule has 74 valence electrons. The minimum atomic E-state index is -2.83. The van der Waals surface area contributed by atoms with Crippen LogP contribution in [0.4, 0.5) is 8.78 Å². The van der Waals surface area contributed by atoms with Gasteiger partial charge in [-0.05, 0) is 0 Å². The lowest BCUT2D eigenvalue weighted by molar-refractivity contribution is 0.150. The van der Waals surface area contributed by atoms with Gasteiger partial charge < -0.3 is 0 Å². The van der Waals surface area contributed by atoms with Crippen molar-refractivity contribution >= 4 is 23.2 Å². The summed E-state index contributed by atoms with van der Waals surface area (Å²) in [5.74, 6) is -0.0488. The molecule has 0 saturated carbocycles. The predicted molar refractivity (Wildman–Crippen MR) is 48.5 cm³/mol. The van der Waals surface area contributed by atoms with Crippen LogP contribution in [0.1, 0.15) is 23.1 Å². The van der Waals surface area contributed by atoms with Gasteiger partial charge in [-0.25, -0.2) is 13.8 Å². The third kappa shape index (κ3) is 1.94. The average Bonchev–Trinajstić information content (AvgIpc) is 2.16. The van der Waals surface area contributed by atoms with E-state index in [4.69, 9.17) is 28.5 Å². The average molecular weight is 237 g/mol. The molecule has 1 heterocycles. The molecule has 2 nitrogen and oxygen atoms in total. The van der Waals surface area contributed by atoms with Crippen LogP contribution in [0.3, 0.4) is 0 Å². The van der Waals surface area contributed by atoms with Crippen LogP contribution in [0.15, 0.2) is 6.20 Å². The molecule has 0 aliphatic carbocycles.